The molecule has 0 radical (unpaired) electrons. The summed E-state index contributed by atoms with van der Waals surface area (Å²) in [5.74, 6) is -0.194. The molecule has 0 aliphatic carbocycles. The van der Waals surface area contributed by atoms with Gasteiger partial charge in [0, 0.05) is 5.69 Å². The predicted octanol–water partition coefficient (Wildman–Crippen LogP) is 1.23. The second-order valence-corrected chi connectivity index (χ2v) is 8.07. The van der Waals surface area contributed by atoms with Crippen molar-refractivity contribution in [1.29, 1.82) is 0 Å². The van der Waals surface area contributed by atoms with E-state index in [1.54, 1.807) is 42.3 Å². The van der Waals surface area contributed by atoms with Crippen molar-refractivity contribution in [2.45, 2.75) is 11.8 Å². The molecule has 0 saturated carbocycles. The molecule has 9 nitrogen and oxygen atoms in total. The molecule has 1 saturated heterocycles. The van der Waals surface area contributed by atoms with Crippen LogP contribution >= 0.6 is 0 Å². The number of aliphatic hydroxyl groups is 1. The molecule has 3 rings (SSSR count). The van der Waals surface area contributed by atoms with Gasteiger partial charge in [0.1, 0.15) is 10.6 Å². The van der Waals surface area contributed by atoms with Crippen molar-refractivity contribution < 1.29 is 27.6 Å². The molecular weight excluding hydrogens is 386 g/mol. The SMILES string of the molecule is CC1(CO)CN(c2ccc(NCOc3ccccc3S(=O)(=O)O)cc2)NC1=O. The third-order valence-electron chi connectivity index (χ3n) is 4.45. The van der Waals surface area contributed by atoms with Gasteiger partial charge in [-0.1, -0.05) is 12.1 Å². The first kappa shape index (κ1) is 19.9. The number of hydrogen-bond acceptors (Lipinski definition) is 7. The highest BCUT2D eigenvalue weighted by Gasteiger charge is 2.41. The Kier molecular flexibility index (Phi) is 5.45. The molecule has 0 bridgehead atoms. The maximum atomic E-state index is 11.9. The van der Waals surface area contributed by atoms with E-state index >= 15 is 0 Å². The van der Waals surface area contributed by atoms with Gasteiger partial charge in [0.15, 0.2) is 6.73 Å². The molecule has 0 spiro atoms. The molecule has 1 aliphatic rings. The Hall–Kier alpha value is -2.82. The van der Waals surface area contributed by atoms with Crippen LogP contribution in [-0.2, 0) is 14.9 Å². The molecule has 4 N–H and O–H groups in total. The van der Waals surface area contributed by atoms with Gasteiger partial charge in [0.2, 0.25) is 5.91 Å². The van der Waals surface area contributed by atoms with Crippen molar-refractivity contribution in [3.8, 4) is 5.75 Å². The lowest BCUT2D eigenvalue weighted by molar-refractivity contribution is -0.128. The maximum Gasteiger partial charge on any atom is 0.298 e. The monoisotopic (exact) mass is 407 g/mol. The Bertz CT molecular complexity index is 964. The smallest absolute Gasteiger partial charge is 0.298 e. The van der Waals surface area contributed by atoms with Crippen molar-refractivity contribution in [2.24, 2.45) is 5.41 Å². The number of hydrazine groups is 1. The number of carbonyl (C=O) groups is 1. The van der Waals surface area contributed by atoms with Crippen LogP contribution in [0.3, 0.4) is 0 Å². The first-order chi connectivity index (χ1) is 13.2. The molecule has 1 aliphatic heterocycles. The number of nitrogens with one attached hydrogen (secondary N) is 2. The Morgan fingerprint density at radius 2 is 1.89 bits per heavy atom. The van der Waals surface area contributed by atoms with Crippen LogP contribution in [0.2, 0.25) is 0 Å². The minimum atomic E-state index is -4.37. The molecule has 0 aromatic heterocycles. The number of para-hydroxylation sites is 1. The van der Waals surface area contributed by atoms with Crippen molar-refractivity contribution in [3.05, 3.63) is 48.5 Å². The van der Waals surface area contributed by atoms with E-state index < -0.39 is 15.5 Å². The topological polar surface area (TPSA) is 128 Å². The zero-order valence-electron chi connectivity index (χ0n) is 15.1. The number of ether oxygens (including phenoxy) is 1. The van der Waals surface area contributed by atoms with E-state index in [1.165, 1.54) is 18.2 Å². The number of anilines is 2. The molecule has 28 heavy (non-hydrogen) atoms. The zero-order valence-corrected chi connectivity index (χ0v) is 15.9. The van der Waals surface area contributed by atoms with Crippen molar-refractivity contribution in [2.75, 3.05) is 30.2 Å². The Morgan fingerprint density at radius 3 is 2.50 bits per heavy atom. The first-order valence-corrected chi connectivity index (χ1v) is 9.90. The number of aliphatic hydroxyl groups excluding tert-OH is 1. The quantitative estimate of drug-likeness (QED) is 0.399. The highest BCUT2D eigenvalue weighted by molar-refractivity contribution is 7.86. The van der Waals surface area contributed by atoms with Crippen LogP contribution < -0.4 is 20.5 Å². The van der Waals surface area contributed by atoms with Crippen LogP contribution in [0.1, 0.15) is 6.92 Å². The van der Waals surface area contributed by atoms with Crippen LogP contribution in [0.25, 0.3) is 0 Å². The van der Waals surface area contributed by atoms with E-state index in [0.717, 1.165) is 5.69 Å². The molecule has 2 aromatic carbocycles. The third kappa shape index (κ3) is 4.19. The highest BCUT2D eigenvalue weighted by atomic mass is 32.2. The number of benzene rings is 2. The fraction of sp³-hybridized carbons (Fsp3) is 0.278. The van der Waals surface area contributed by atoms with E-state index in [1.807, 2.05) is 0 Å². The van der Waals surface area contributed by atoms with Crippen LogP contribution in [0.15, 0.2) is 53.4 Å². The standard InChI is InChI=1S/C18H21N3O6S/c1-18(11-22)10-21(20-17(18)23)14-8-6-13(7-9-14)19-12-27-15-4-2-3-5-16(15)28(24,25)26/h2-9,19,22H,10-12H2,1H3,(H,20,23)(H,24,25,26). The number of amides is 1. The van der Waals surface area contributed by atoms with E-state index in [2.05, 4.69) is 10.7 Å². The largest absolute Gasteiger partial charge is 0.472 e. The molecule has 10 heteroatoms. The zero-order chi connectivity index (χ0) is 20.4. The predicted molar refractivity (Wildman–Crippen MR) is 102 cm³/mol. The van der Waals surface area contributed by atoms with Gasteiger partial charge < -0.3 is 15.2 Å². The van der Waals surface area contributed by atoms with E-state index in [9.17, 15) is 22.9 Å². The number of rotatable bonds is 7. The summed E-state index contributed by atoms with van der Waals surface area (Å²) in [5.41, 5.74) is 3.35. The summed E-state index contributed by atoms with van der Waals surface area (Å²) in [6.07, 6.45) is 0. The Balaban J connectivity index is 1.60. The van der Waals surface area contributed by atoms with Crippen LogP contribution in [0.5, 0.6) is 5.75 Å². The fourth-order valence-electron chi connectivity index (χ4n) is 2.73. The van der Waals surface area contributed by atoms with E-state index in [0.29, 0.717) is 12.2 Å². The lowest BCUT2D eigenvalue weighted by atomic mass is 9.92. The third-order valence-corrected chi connectivity index (χ3v) is 5.34. The number of hydrogen-bond donors (Lipinski definition) is 4. The van der Waals surface area contributed by atoms with Crippen molar-refractivity contribution >= 4 is 27.4 Å². The minimum Gasteiger partial charge on any atom is -0.472 e. The van der Waals surface area contributed by atoms with Crippen LogP contribution in [0, 0.1) is 5.41 Å². The van der Waals surface area contributed by atoms with Gasteiger partial charge >= 0.3 is 0 Å². The summed E-state index contributed by atoms with van der Waals surface area (Å²) < 4.78 is 37.3. The molecule has 1 atom stereocenters. The molecule has 1 amide bonds. The van der Waals surface area contributed by atoms with Gasteiger partial charge in [0.25, 0.3) is 10.1 Å². The Labute approximate surface area is 162 Å². The average Bonchev–Trinajstić information content (AvgIpc) is 2.97. The normalized spacial score (nSPS) is 19.4. The summed E-state index contributed by atoms with van der Waals surface area (Å²) in [6.45, 7) is 1.79. The van der Waals surface area contributed by atoms with Crippen LogP contribution in [-0.4, -0.2) is 43.9 Å². The van der Waals surface area contributed by atoms with Gasteiger partial charge in [-0.05, 0) is 43.3 Å². The van der Waals surface area contributed by atoms with E-state index in [4.69, 9.17) is 4.74 Å². The van der Waals surface area contributed by atoms with Gasteiger partial charge in [-0.2, -0.15) is 8.42 Å². The summed E-state index contributed by atoms with van der Waals surface area (Å²) in [6, 6.07) is 12.9. The van der Waals surface area contributed by atoms with Crippen molar-refractivity contribution in [3.63, 3.8) is 0 Å². The second-order valence-electron chi connectivity index (χ2n) is 6.68. The molecule has 1 unspecified atom stereocenters. The summed E-state index contributed by atoms with van der Waals surface area (Å²) in [4.78, 5) is 11.6. The van der Waals surface area contributed by atoms with E-state index in [-0.39, 0.29) is 29.9 Å². The van der Waals surface area contributed by atoms with Gasteiger partial charge in [-0.25, -0.2) is 0 Å². The molecule has 1 heterocycles. The van der Waals surface area contributed by atoms with Crippen LogP contribution in [0.4, 0.5) is 11.4 Å². The lowest BCUT2D eigenvalue weighted by Crippen LogP contribution is -2.34. The number of nitrogens with zero attached hydrogens (tertiary/aromatic N) is 1. The molecular formula is C18H21N3O6S. The Morgan fingerprint density at radius 1 is 1.21 bits per heavy atom. The second kappa shape index (κ2) is 7.66. The van der Waals surface area contributed by atoms with Gasteiger partial charge in [-0.3, -0.25) is 19.8 Å². The number of carbonyl (C=O) groups excluding carboxylic acids is 1. The fourth-order valence-corrected chi connectivity index (χ4v) is 3.37. The van der Waals surface area contributed by atoms with Gasteiger partial charge in [-0.15, -0.1) is 0 Å². The van der Waals surface area contributed by atoms with Gasteiger partial charge in [0.05, 0.1) is 24.3 Å². The molecule has 2 aromatic rings. The maximum absolute atomic E-state index is 11.9. The molecule has 150 valence electrons. The molecule has 1 fully saturated rings. The first-order valence-electron chi connectivity index (χ1n) is 8.46. The van der Waals surface area contributed by atoms with Crippen molar-refractivity contribution in [1.82, 2.24) is 5.43 Å². The minimum absolute atomic E-state index is 0.0189. The highest BCUT2D eigenvalue weighted by Crippen LogP contribution is 2.28. The summed E-state index contributed by atoms with van der Waals surface area (Å²) in [5, 5.41) is 14.0. The average molecular weight is 407 g/mol. The summed E-state index contributed by atoms with van der Waals surface area (Å²) in [7, 11) is -4.37. The lowest BCUT2D eigenvalue weighted by Gasteiger charge is -2.20. The summed E-state index contributed by atoms with van der Waals surface area (Å²) >= 11 is 0.